The number of hydrogen-bond acceptors (Lipinski definition) is 4. The molecular formula is C15H16ClN3S. The Balaban J connectivity index is 1.97. The van der Waals surface area contributed by atoms with Crippen LogP contribution in [-0.2, 0) is 12.8 Å². The lowest BCUT2D eigenvalue weighted by Crippen LogP contribution is -2.06. The van der Waals surface area contributed by atoms with E-state index in [1.165, 1.54) is 10.6 Å². The van der Waals surface area contributed by atoms with Gasteiger partial charge in [-0.05, 0) is 31.5 Å². The lowest BCUT2D eigenvalue weighted by Gasteiger charge is -2.07. The van der Waals surface area contributed by atoms with Crippen molar-refractivity contribution in [2.45, 2.75) is 26.7 Å². The van der Waals surface area contributed by atoms with E-state index in [1.54, 1.807) is 23.5 Å². The topological polar surface area (TPSA) is 48.7 Å². The molecule has 3 nitrogen and oxygen atoms in total. The molecule has 0 fully saturated rings. The molecule has 0 radical (unpaired) electrons. The first-order valence-corrected chi connectivity index (χ1v) is 7.72. The maximum atomic E-state index is 9.07. The fraction of sp³-hybridized carbons (Fsp3) is 0.333. The summed E-state index contributed by atoms with van der Waals surface area (Å²) in [4.78, 5) is 5.91. The average Bonchev–Trinajstić information content (AvgIpc) is 2.80. The van der Waals surface area contributed by atoms with Gasteiger partial charge in [0.2, 0.25) is 0 Å². The first-order valence-electron chi connectivity index (χ1n) is 6.52. The zero-order valence-electron chi connectivity index (χ0n) is 11.5. The zero-order valence-corrected chi connectivity index (χ0v) is 13.1. The van der Waals surface area contributed by atoms with Crippen LogP contribution < -0.4 is 5.32 Å². The van der Waals surface area contributed by atoms with Crippen molar-refractivity contribution < 1.29 is 0 Å². The minimum atomic E-state index is 0.571. The summed E-state index contributed by atoms with van der Waals surface area (Å²) >= 11 is 7.62. The molecule has 0 atom stereocenters. The average molecular weight is 306 g/mol. The number of anilines is 1. The number of aryl methyl sites for hydroxylation is 2. The zero-order chi connectivity index (χ0) is 14.5. The van der Waals surface area contributed by atoms with E-state index in [4.69, 9.17) is 16.9 Å². The molecule has 0 spiro atoms. The molecule has 1 aromatic carbocycles. The predicted octanol–water partition coefficient (Wildman–Crippen LogP) is 4.19. The van der Waals surface area contributed by atoms with Gasteiger partial charge < -0.3 is 5.32 Å². The molecule has 0 amide bonds. The van der Waals surface area contributed by atoms with Crippen LogP contribution in [0.3, 0.4) is 0 Å². The number of nitrogens with zero attached hydrogens (tertiary/aromatic N) is 2. The van der Waals surface area contributed by atoms with Crippen LogP contribution in [0, 0.1) is 18.3 Å². The third-order valence-corrected chi connectivity index (χ3v) is 4.34. The van der Waals surface area contributed by atoms with Crippen LogP contribution in [0.15, 0.2) is 18.2 Å². The number of nitrogens with one attached hydrogen (secondary N) is 1. The first-order chi connectivity index (χ1) is 9.63. The van der Waals surface area contributed by atoms with Crippen LogP contribution in [0.1, 0.15) is 28.1 Å². The van der Waals surface area contributed by atoms with Gasteiger partial charge in [0.1, 0.15) is 6.07 Å². The molecule has 0 aliphatic rings. The van der Waals surface area contributed by atoms with Crippen LogP contribution >= 0.6 is 22.9 Å². The van der Waals surface area contributed by atoms with Crippen molar-refractivity contribution in [3.05, 3.63) is 44.4 Å². The summed E-state index contributed by atoms with van der Waals surface area (Å²) < 4.78 is 0. The third-order valence-electron chi connectivity index (χ3n) is 3.03. The highest BCUT2D eigenvalue weighted by atomic mass is 35.5. The van der Waals surface area contributed by atoms with Gasteiger partial charge in [0, 0.05) is 22.9 Å². The Kier molecular flexibility index (Phi) is 4.99. The Morgan fingerprint density at radius 3 is 2.90 bits per heavy atom. The van der Waals surface area contributed by atoms with E-state index in [2.05, 4.69) is 30.2 Å². The van der Waals surface area contributed by atoms with Crippen LogP contribution in [0.2, 0.25) is 5.02 Å². The summed E-state index contributed by atoms with van der Waals surface area (Å²) in [6, 6.07) is 7.44. The van der Waals surface area contributed by atoms with Gasteiger partial charge in [0.05, 0.1) is 22.0 Å². The Hall–Kier alpha value is -1.57. The van der Waals surface area contributed by atoms with Crippen molar-refractivity contribution in [1.29, 1.82) is 5.26 Å². The monoisotopic (exact) mass is 305 g/mol. The predicted molar refractivity (Wildman–Crippen MR) is 84.6 cm³/mol. The summed E-state index contributed by atoms with van der Waals surface area (Å²) in [7, 11) is 0. The normalized spacial score (nSPS) is 10.3. The van der Waals surface area contributed by atoms with Gasteiger partial charge in [-0.15, -0.1) is 11.3 Å². The van der Waals surface area contributed by atoms with E-state index < -0.39 is 0 Å². The molecular weight excluding hydrogens is 290 g/mol. The van der Waals surface area contributed by atoms with E-state index in [0.29, 0.717) is 10.6 Å². The van der Waals surface area contributed by atoms with Gasteiger partial charge in [-0.25, -0.2) is 4.98 Å². The number of hydrogen-bond donors (Lipinski definition) is 1. The summed E-state index contributed by atoms with van der Waals surface area (Å²) in [5.74, 6) is 0. The summed E-state index contributed by atoms with van der Waals surface area (Å²) in [5, 5.41) is 14.1. The minimum absolute atomic E-state index is 0.571. The highest BCUT2D eigenvalue weighted by Crippen LogP contribution is 2.21. The molecule has 0 saturated heterocycles. The lowest BCUT2D eigenvalue weighted by atomic mass is 10.2. The molecule has 5 heteroatoms. The smallest absolute Gasteiger partial charge is 0.101 e. The number of aromatic nitrogens is 1. The van der Waals surface area contributed by atoms with E-state index in [0.717, 1.165) is 30.1 Å². The van der Waals surface area contributed by atoms with Gasteiger partial charge in [-0.2, -0.15) is 5.26 Å². The molecule has 0 aliphatic carbocycles. The van der Waals surface area contributed by atoms with Crippen molar-refractivity contribution in [2.24, 2.45) is 0 Å². The van der Waals surface area contributed by atoms with Gasteiger partial charge in [-0.3, -0.25) is 0 Å². The highest BCUT2D eigenvalue weighted by Gasteiger charge is 2.06. The molecule has 1 N–H and O–H groups in total. The minimum Gasteiger partial charge on any atom is -0.384 e. The quantitative estimate of drug-likeness (QED) is 0.901. The second-order valence-electron chi connectivity index (χ2n) is 4.44. The van der Waals surface area contributed by atoms with Crippen molar-refractivity contribution in [2.75, 3.05) is 11.9 Å². The van der Waals surface area contributed by atoms with Crippen molar-refractivity contribution in [1.82, 2.24) is 4.98 Å². The van der Waals surface area contributed by atoms with Crippen LogP contribution in [-0.4, -0.2) is 11.5 Å². The standard InChI is InChI=1S/C15H16ClN3S/c1-3-13-10(2)20-15(19-13)6-7-18-14-5-4-12(16)8-11(14)9-17/h4-5,8,18H,3,6-7H2,1-2H3. The van der Waals surface area contributed by atoms with Crippen molar-refractivity contribution >= 4 is 28.6 Å². The van der Waals surface area contributed by atoms with Gasteiger partial charge >= 0.3 is 0 Å². The fourth-order valence-electron chi connectivity index (χ4n) is 1.99. The van der Waals surface area contributed by atoms with E-state index in [1.807, 2.05) is 6.07 Å². The van der Waals surface area contributed by atoms with Crippen LogP contribution in [0.25, 0.3) is 0 Å². The van der Waals surface area contributed by atoms with E-state index >= 15 is 0 Å². The molecule has 1 aromatic heterocycles. The van der Waals surface area contributed by atoms with Crippen LogP contribution in [0.4, 0.5) is 5.69 Å². The largest absolute Gasteiger partial charge is 0.384 e. The fourth-order valence-corrected chi connectivity index (χ4v) is 3.18. The molecule has 2 rings (SSSR count). The van der Waals surface area contributed by atoms with Gasteiger partial charge in [0.25, 0.3) is 0 Å². The Morgan fingerprint density at radius 2 is 2.25 bits per heavy atom. The number of benzene rings is 1. The van der Waals surface area contributed by atoms with E-state index in [9.17, 15) is 0 Å². The molecule has 0 unspecified atom stereocenters. The lowest BCUT2D eigenvalue weighted by molar-refractivity contribution is 0.956. The second kappa shape index (κ2) is 6.74. The molecule has 20 heavy (non-hydrogen) atoms. The molecule has 0 saturated carbocycles. The van der Waals surface area contributed by atoms with Gasteiger partial charge in [-0.1, -0.05) is 18.5 Å². The number of rotatable bonds is 5. The summed E-state index contributed by atoms with van der Waals surface area (Å²) in [6.07, 6.45) is 1.84. The third kappa shape index (κ3) is 3.50. The molecule has 104 valence electrons. The SMILES string of the molecule is CCc1nc(CCNc2ccc(Cl)cc2C#N)sc1C. The van der Waals surface area contributed by atoms with Crippen molar-refractivity contribution in [3.8, 4) is 6.07 Å². The summed E-state index contributed by atoms with van der Waals surface area (Å²) in [5.41, 5.74) is 2.58. The molecule has 0 bridgehead atoms. The maximum absolute atomic E-state index is 9.07. The first kappa shape index (κ1) is 14.8. The van der Waals surface area contributed by atoms with E-state index in [-0.39, 0.29) is 0 Å². The molecule has 1 heterocycles. The van der Waals surface area contributed by atoms with Crippen molar-refractivity contribution in [3.63, 3.8) is 0 Å². The number of nitriles is 1. The Labute approximate surface area is 128 Å². The Morgan fingerprint density at radius 1 is 1.45 bits per heavy atom. The Bertz CT molecular complexity index is 643. The highest BCUT2D eigenvalue weighted by molar-refractivity contribution is 7.11. The number of halogens is 1. The maximum Gasteiger partial charge on any atom is 0.101 e. The number of thiazole rings is 1. The summed E-state index contributed by atoms with van der Waals surface area (Å²) in [6.45, 7) is 4.99. The molecule has 0 aliphatic heterocycles. The van der Waals surface area contributed by atoms with Crippen LogP contribution in [0.5, 0.6) is 0 Å². The second-order valence-corrected chi connectivity index (χ2v) is 6.17. The van der Waals surface area contributed by atoms with Gasteiger partial charge in [0.15, 0.2) is 0 Å². The molecule has 2 aromatic rings.